The Morgan fingerprint density at radius 3 is 2.37 bits per heavy atom. The molecular weight excluding hydrogens is 272 g/mol. The number of nitrogens with zero attached hydrogens (tertiary/aromatic N) is 2. The normalized spacial score (nSPS) is 11.2. The molecule has 0 unspecified atom stereocenters. The van der Waals surface area contributed by atoms with Gasteiger partial charge in [-0.3, -0.25) is 4.79 Å². The predicted molar refractivity (Wildman–Crippen MR) is 66.2 cm³/mol. The molecule has 3 N–H and O–H groups in total. The van der Waals surface area contributed by atoms with E-state index < -0.39 is 15.7 Å². The van der Waals surface area contributed by atoms with Crippen LogP contribution < -0.4 is 11.1 Å². The van der Waals surface area contributed by atoms with Gasteiger partial charge in [0.15, 0.2) is 9.84 Å². The van der Waals surface area contributed by atoms with Crippen LogP contribution in [0.3, 0.4) is 0 Å². The zero-order chi connectivity index (χ0) is 14.0. The van der Waals surface area contributed by atoms with Gasteiger partial charge in [0, 0.05) is 11.9 Å². The second-order valence-corrected chi connectivity index (χ2v) is 5.76. The summed E-state index contributed by atoms with van der Waals surface area (Å²) in [6, 6.07) is 5.68. The molecule has 0 bridgehead atoms. The summed E-state index contributed by atoms with van der Waals surface area (Å²) in [4.78, 5) is 11.9. The van der Waals surface area contributed by atoms with Crippen molar-refractivity contribution in [1.29, 1.82) is 0 Å². The van der Waals surface area contributed by atoms with E-state index in [1.165, 1.54) is 24.3 Å². The molecule has 2 aromatic rings. The standard InChI is InChI=1S/C10H10N4O4S/c1-19(16,17)7-4-2-6(3-5-7)12-10(15)8-9(11)14-18-13-8/h2-5H,1H3,(H2,11,14)(H,12,15). The number of nitrogens with one attached hydrogen (secondary N) is 1. The van der Waals surface area contributed by atoms with E-state index in [1.807, 2.05) is 0 Å². The van der Waals surface area contributed by atoms with E-state index in [4.69, 9.17) is 5.73 Å². The number of hydrogen-bond donors (Lipinski definition) is 2. The lowest BCUT2D eigenvalue weighted by Gasteiger charge is -2.04. The Morgan fingerprint density at radius 2 is 1.89 bits per heavy atom. The highest BCUT2D eigenvalue weighted by molar-refractivity contribution is 7.90. The molecule has 100 valence electrons. The highest BCUT2D eigenvalue weighted by Gasteiger charge is 2.16. The highest BCUT2D eigenvalue weighted by Crippen LogP contribution is 2.15. The van der Waals surface area contributed by atoms with Crippen LogP contribution in [0.25, 0.3) is 0 Å². The number of hydrogen-bond acceptors (Lipinski definition) is 7. The zero-order valence-electron chi connectivity index (χ0n) is 9.82. The van der Waals surface area contributed by atoms with Gasteiger partial charge in [-0.25, -0.2) is 13.0 Å². The maximum atomic E-state index is 11.7. The summed E-state index contributed by atoms with van der Waals surface area (Å²) in [6.07, 6.45) is 1.10. The van der Waals surface area contributed by atoms with Crippen molar-refractivity contribution >= 4 is 27.2 Å². The summed E-state index contributed by atoms with van der Waals surface area (Å²) in [5, 5.41) is 9.11. The first-order chi connectivity index (χ1) is 8.88. The molecule has 0 saturated carbocycles. The molecule has 1 heterocycles. The Labute approximate surface area is 108 Å². The topological polar surface area (TPSA) is 128 Å². The summed E-state index contributed by atoms with van der Waals surface area (Å²) < 4.78 is 26.8. The third-order valence-electron chi connectivity index (χ3n) is 2.27. The SMILES string of the molecule is CS(=O)(=O)c1ccc(NC(=O)c2nonc2N)cc1. The molecule has 9 heteroatoms. The minimum atomic E-state index is -3.27. The summed E-state index contributed by atoms with van der Waals surface area (Å²) in [5.41, 5.74) is 5.64. The number of carbonyl (C=O) groups excluding carboxylic acids is 1. The van der Waals surface area contributed by atoms with E-state index in [9.17, 15) is 13.2 Å². The van der Waals surface area contributed by atoms with Crippen LogP contribution in [0, 0.1) is 0 Å². The van der Waals surface area contributed by atoms with Gasteiger partial charge in [-0.15, -0.1) is 0 Å². The van der Waals surface area contributed by atoms with Gasteiger partial charge in [-0.1, -0.05) is 0 Å². The van der Waals surface area contributed by atoms with Gasteiger partial charge in [0.2, 0.25) is 11.5 Å². The van der Waals surface area contributed by atoms with Crippen LogP contribution in [0.4, 0.5) is 11.5 Å². The number of aromatic nitrogens is 2. The molecule has 2 rings (SSSR count). The van der Waals surface area contributed by atoms with Crippen molar-refractivity contribution in [3.05, 3.63) is 30.0 Å². The van der Waals surface area contributed by atoms with Crippen molar-refractivity contribution in [1.82, 2.24) is 10.3 Å². The van der Waals surface area contributed by atoms with Gasteiger partial charge in [0.05, 0.1) is 4.90 Å². The van der Waals surface area contributed by atoms with Crippen molar-refractivity contribution in [3.8, 4) is 0 Å². The minimum Gasteiger partial charge on any atom is -0.379 e. The monoisotopic (exact) mass is 282 g/mol. The first-order valence-corrected chi connectivity index (χ1v) is 6.96. The third-order valence-corrected chi connectivity index (χ3v) is 3.40. The second kappa shape index (κ2) is 4.69. The van der Waals surface area contributed by atoms with Crippen molar-refractivity contribution in [2.24, 2.45) is 0 Å². The Kier molecular flexibility index (Phi) is 3.21. The van der Waals surface area contributed by atoms with Gasteiger partial charge < -0.3 is 11.1 Å². The second-order valence-electron chi connectivity index (χ2n) is 3.75. The Bertz CT molecular complexity index is 705. The molecule has 1 amide bonds. The van der Waals surface area contributed by atoms with Gasteiger partial charge in [0.1, 0.15) is 0 Å². The van der Waals surface area contributed by atoms with Crippen LogP contribution >= 0.6 is 0 Å². The van der Waals surface area contributed by atoms with E-state index in [0.717, 1.165) is 6.26 Å². The fraction of sp³-hybridized carbons (Fsp3) is 0.100. The summed E-state index contributed by atoms with van der Waals surface area (Å²) >= 11 is 0. The van der Waals surface area contributed by atoms with E-state index in [2.05, 4.69) is 20.3 Å². The quantitative estimate of drug-likeness (QED) is 0.828. The minimum absolute atomic E-state index is 0.120. The number of nitrogens with two attached hydrogens (primary N) is 1. The smallest absolute Gasteiger partial charge is 0.281 e. The first kappa shape index (κ1) is 13.0. The largest absolute Gasteiger partial charge is 0.379 e. The molecule has 0 fully saturated rings. The molecule has 19 heavy (non-hydrogen) atoms. The van der Waals surface area contributed by atoms with Crippen LogP contribution in [-0.2, 0) is 9.84 Å². The molecule has 8 nitrogen and oxygen atoms in total. The molecule has 0 aliphatic rings. The average molecular weight is 282 g/mol. The summed E-state index contributed by atoms with van der Waals surface area (Å²) in [6.45, 7) is 0. The van der Waals surface area contributed by atoms with E-state index in [-0.39, 0.29) is 16.4 Å². The Morgan fingerprint density at radius 1 is 1.26 bits per heavy atom. The van der Waals surface area contributed by atoms with Crippen molar-refractivity contribution < 1.29 is 17.8 Å². The number of rotatable bonds is 3. The molecule has 0 radical (unpaired) electrons. The maximum absolute atomic E-state index is 11.7. The number of amides is 1. The summed E-state index contributed by atoms with van der Waals surface area (Å²) in [5.74, 6) is -0.712. The van der Waals surface area contributed by atoms with Crippen molar-refractivity contribution in [3.63, 3.8) is 0 Å². The van der Waals surface area contributed by atoms with Crippen molar-refractivity contribution in [2.75, 3.05) is 17.3 Å². The maximum Gasteiger partial charge on any atom is 0.281 e. The number of anilines is 2. The third kappa shape index (κ3) is 2.88. The molecule has 0 spiro atoms. The lowest BCUT2D eigenvalue weighted by molar-refractivity contribution is 0.101. The van der Waals surface area contributed by atoms with Crippen molar-refractivity contribution in [2.45, 2.75) is 4.90 Å². The molecule has 0 saturated heterocycles. The Balaban J connectivity index is 2.17. The number of sulfone groups is 1. The lowest BCUT2D eigenvalue weighted by Crippen LogP contribution is -2.14. The Hall–Kier alpha value is -2.42. The van der Waals surface area contributed by atoms with E-state index in [1.54, 1.807) is 0 Å². The van der Waals surface area contributed by atoms with Gasteiger partial charge in [0.25, 0.3) is 5.91 Å². The summed E-state index contributed by atoms with van der Waals surface area (Å²) in [7, 11) is -3.27. The average Bonchev–Trinajstić information content (AvgIpc) is 2.75. The van der Waals surface area contributed by atoms with E-state index in [0.29, 0.717) is 5.69 Å². The molecule has 1 aromatic carbocycles. The molecule has 0 aliphatic carbocycles. The predicted octanol–water partition coefficient (Wildman–Crippen LogP) is 0.308. The van der Waals surface area contributed by atoms with E-state index >= 15 is 0 Å². The zero-order valence-corrected chi connectivity index (χ0v) is 10.6. The molecule has 1 aromatic heterocycles. The van der Waals surface area contributed by atoms with Crippen LogP contribution in [0.5, 0.6) is 0 Å². The van der Waals surface area contributed by atoms with Crippen LogP contribution in [0.2, 0.25) is 0 Å². The van der Waals surface area contributed by atoms with Gasteiger partial charge in [-0.05, 0) is 34.6 Å². The highest BCUT2D eigenvalue weighted by atomic mass is 32.2. The number of nitrogen functional groups attached to an aromatic ring is 1. The van der Waals surface area contributed by atoms with Gasteiger partial charge >= 0.3 is 0 Å². The fourth-order valence-electron chi connectivity index (χ4n) is 1.33. The molecule has 0 aliphatic heterocycles. The van der Waals surface area contributed by atoms with Crippen LogP contribution in [0.1, 0.15) is 10.5 Å². The molecular formula is C10H10N4O4S. The molecule has 0 atom stereocenters. The lowest BCUT2D eigenvalue weighted by atomic mass is 10.3. The van der Waals surface area contributed by atoms with Crippen LogP contribution in [0.15, 0.2) is 33.8 Å². The number of benzene rings is 1. The fourth-order valence-corrected chi connectivity index (χ4v) is 1.96. The van der Waals surface area contributed by atoms with Crippen LogP contribution in [-0.4, -0.2) is 30.9 Å². The van der Waals surface area contributed by atoms with Gasteiger partial charge in [-0.2, -0.15) is 0 Å². The first-order valence-electron chi connectivity index (χ1n) is 5.07. The number of carbonyl (C=O) groups is 1.